The fourth-order valence-electron chi connectivity index (χ4n) is 8.13. The molecule has 0 aliphatic carbocycles. The van der Waals surface area contributed by atoms with E-state index < -0.39 is 0 Å². The Bertz CT molecular complexity index is 2780. The van der Waals surface area contributed by atoms with Gasteiger partial charge in [0.25, 0.3) is 0 Å². The third-order valence-electron chi connectivity index (χ3n) is 11.2. The molecule has 8 aromatic heterocycles. The van der Waals surface area contributed by atoms with Crippen LogP contribution in [0.25, 0.3) is 44.6 Å². The molecule has 0 bridgehead atoms. The summed E-state index contributed by atoms with van der Waals surface area (Å²) in [6.45, 7) is 10.4. The summed E-state index contributed by atoms with van der Waals surface area (Å²) in [5.41, 5.74) is 4.43. The number of nitrogens with zero attached hydrogens (tertiary/aromatic N) is 14. The number of anilines is 6. The van der Waals surface area contributed by atoms with E-state index in [1.165, 1.54) is 0 Å². The highest BCUT2D eigenvalue weighted by molar-refractivity contribution is 5.97. The van der Waals surface area contributed by atoms with Crippen LogP contribution < -0.4 is 39.9 Å². The Morgan fingerprint density at radius 3 is 1.36 bits per heavy atom. The molecule has 0 unspecified atom stereocenters. The predicted octanol–water partition coefficient (Wildman–Crippen LogP) is 5.62. The molecule has 2 N–H and O–H groups in total. The van der Waals surface area contributed by atoms with Gasteiger partial charge in [-0.25, -0.2) is 49.9 Å². The van der Waals surface area contributed by atoms with Crippen molar-refractivity contribution in [2.75, 3.05) is 86.4 Å². The summed E-state index contributed by atoms with van der Waals surface area (Å²) in [4.78, 5) is 54.1. The Balaban J connectivity index is 1.14. The molecule has 10 heterocycles. The van der Waals surface area contributed by atoms with Gasteiger partial charge in [0.2, 0.25) is 0 Å². The summed E-state index contributed by atoms with van der Waals surface area (Å²) < 4.78 is 11.6. The van der Waals surface area contributed by atoms with E-state index in [1.807, 2.05) is 84.5 Å². The quantitative estimate of drug-likeness (QED) is 0.153. The van der Waals surface area contributed by atoms with Crippen molar-refractivity contribution in [1.29, 1.82) is 0 Å². The van der Waals surface area contributed by atoms with E-state index in [0.717, 1.165) is 97.3 Å². The number of piperazine rings is 2. The van der Waals surface area contributed by atoms with E-state index in [-0.39, 0.29) is 0 Å². The first-order chi connectivity index (χ1) is 31.4. The molecule has 322 valence electrons. The van der Waals surface area contributed by atoms with Gasteiger partial charge >= 0.3 is 0 Å². The van der Waals surface area contributed by atoms with Gasteiger partial charge in [0, 0.05) is 87.3 Å². The Morgan fingerprint density at radius 2 is 0.953 bits per heavy atom. The van der Waals surface area contributed by atoms with Gasteiger partial charge in [-0.05, 0) is 62.4 Å². The predicted molar refractivity (Wildman–Crippen MR) is 247 cm³/mol. The molecule has 0 amide bonds. The van der Waals surface area contributed by atoms with E-state index in [0.29, 0.717) is 57.5 Å². The van der Waals surface area contributed by atoms with Gasteiger partial charge in [-0.3, -0.25) is 9.97 Å². The largest absolute Gasteiger partial charge is 0.494 e. The SMILES string of the molecule is COc1cncc2nc(-c3ccnc(N(c4cccc(C)n4)N(c4cc(-c5nc(N6CCNCC6)c6c(OC)cncc6n5)ccn4)c4cccc(C)n4)c3)nc(N3CCNCC3)c12. The van der Waals surface area contributed by atoms with Gasteiger partial charge in [-0.15, -0.1) is 0 Å². The maximum absolute atomic E-state index is 5.79. The van der Waals surface area contributed by atoms with Crippen LogP contribution in [-0.4, -0.2) is 116 Å². The van der Waals surface area contributed by atoms with Crippen LogP contribution in [0, 0.1) is 13.8 Å². The van der Waals surface area contributed by atoms with E-state index in [1.54, 1.807) is 51.4 Å². The zero-order chi connectivity index (χ0) is 43.6. The van der Waals surface area contributed by atoms with Crippen LogP contribution >= 0.6 is 0 Å². The smallest absolute Gasteiger partial charge is 0.162 e. The van der Waals surface area contributed by atoms with Crippen molar-refractivity contribution < 1.29 is 9.47 Å². The average molecular weight is 855 g/mol. The molecule has 0 spiro atoms. The molecule has 0 radical (unpaired) electrons. The lowest BCUT2D eigenvalue weighted by molar-refractivity contribution is 0.417. The number of aromatic nitrogens is 10. The van der Waals surface area contributed by atoms with Gasteiger partial charge in [0.05, 0.1) is 60.8 Å². The van der Waals surface area contributed by atoms with Crippen molar-refractivity contribution in [1.82, 2.24) is 60.5 Å². The number of hydrogen-bond acceptors (Lipinski definition) is 18. The van der Waals surface area contributed by atoms with E-state index >= 15 is 0 Å². The van der Waals surface area contributed by atoms with Gasteiger partial charge in [0.1, 0.15) is 23.1 Å². The van der Waals surface area contributed by atoms with Gasteiger partial charge in [0.15, 0.2) is 34.9 Å². The average Bonchev–Trinajstić information content (AvgIpc) is 3.35. The number of fused-ring (bicyclic) bond motifs is 2. The molecular weight excluding hydrogens is 809 g/mol. The maximum atomic E-state index is 5.79. The lowest BCUT2D eigenvalue weighted by atomic mass is 10.2. The number of ether oxygens (including phenoxy) is 2. The van der Waals surface area contributed by atoms with Crippen LogP contribution in [0.1, 0.15) is 11.4 Å². The number of methoxy groups -OCH3 is 2. The topological polar surface area (TPSA) is 184 Å². The molecule has 8 aromatic rings. The highest BCUT2D eigenvalue weighted by Crippen LogP contribution is 2.39. The minimum Gasteiger partial charge on any atom is -0.494 e. The van der Waals surface area contributed by atoms with Crippen LogP contribution in [0.2, 0.25) is 0 Å². The molecule has 0 saturated carbocycles. The zero-order valence-corrected chi connectivity index (χ0v) is 36.0. The van der Waals surface area contributed by atoms with Crippen LogP contribution in [-0.2, 0) is 0 Å². The second-order valence-corrected chi connectivity index (χ2v) is 15.4. The van der Waals surface area contributed by atoms with Gasteiger partial charge < -0.3 is 29.9 Å². The maximum Gasteiger partial charge on any atom is 0.162 e. The minimum absolute atomic E-state index is 0.511. The number of hydrazine groups is 1. The fraction of sp³-hybridized carbons (Fsp3) is 0.261. The van der Waals surface area contributed by atoms with Gasteiger partial charge in [-0.1, -0.05) is 12.1 Å². The number of rotatable bonds is 11. The first-order valence-electron chi connectivity index (χ1n) is 21.2. The van der Waals surface area contributed by atoms with E-state index in [2.05, 4.69) is 30.4 Å². The minimum atomic E-state index is 0.511. The van der Waals surface area contributed by atoms with Crippen molar-refractivity contribution in [2.24, 2.45) is 0 Å². The molecule has 18 nitrogen and oxygen atoms in total. The monoisotopic (exact) mass is 854 g/mol. The number of pyridine rings is 6. The second kappa shape index (κ2) is 17.6. The van der Waals surface area contributed by atoms with E-state index in [4.69, 9.17) is 49.3 Å². The first-order valence-corrected chi connectivity index (χ1v) is 21.2. The molecule has 2 saturated heterocycles. The first kappa shape index (κ1) is 40.4. The zero-order valence-electron chi connectivity index (χ0n) is 36.0. The molecule has 0 aromatic carbocycles. The molecule has 10 rings (SSSR count). The third-order valence-corrected chi connectivity index (χ3v) is 11.2. The second-order valence-electron chi connectivity index (χ2n) is 15.4. The number of aryl methyl sites for hydroxylation is 2. The molecule has 2 aliphatic heterocycles. The normalized spacial score (nSPS) is 14.2. The molecular formula is C46H46N16O2. The lowest BCUT2D eigenvalue weighted by Crippen LogP contribution is -2.44. The van der Waals surface area contributed by atoms with Crippen LogP contribution in [0.15, 0.2) is 97.8 Å². The number of hydrogen-bond donors (Lipinski definition) is 2. The summed E-state index contributed by atoms with van der Waals surface area (Å²) in [6, 6.07) is 19.5. The van der Waals surface area contributed by atoms with Crippen LogP contribution in [0.3, 0.4) is 0 Å². The van der Waals surface area contributed by atoms with Crippen LogP contribution in [0.4, 0.5) is 34.9 Å². The standard InChI is InChI=1S/C46H46N16O2/c1-29-7-5-9-37(53-29)61(39-23-31(11-13-51-39)43-55-33-25-49-27-35(63-3)41(33)45(57-43)59-19-15-47-16-20-59)62(38-10-6-8-30(2)54-38)40-24-32(12-14-52-40)44-56-34-26-50-28-36(64-4)42(34)46(58-44)60-21-17-48-18-22-60/h5-14,23-28,47-48H,15-22H2,1-4H3. The molecule has 18 heteroatoms. The van der Waals surface area contributed by atoms with Crippen molar-refractivity contribution in [2.45, 2.75) is 13.8 Å². The number of nitrogens with one attached hydrogen (secondary N) is 2. The summed E-state index contributed by atoms with van der Waals surface area (Å²) in [5.74, 6) is 6.02. The molecule has 2 fully saturated rings. The fourth-order valence-corrected chi connectivity index (χ4v) is 8.13. The van der Waals surface area contributed by atoms with Gasteiger partial charge in [-0.2, -0.15) is 0 Å². The Morgan fingerprint density at radius 1 is 0.516 bits per heavy atom. The Labute approximate surface area is 369 Å². The van der Waals surface area contributed by atoms with Crippen molar-refractivity contribution in [3.05, 3.63) is 109 Å². The third kappa shape index (κ3) is 7.84. The molecule has 2 aliphatic rings. The summed E-state index contributed by atoms with van der Waals surface area (Å²) in [6.07, 6.45) is 10.4. The Hall–Kier alpha value is -7.70. The molecule has 0 atom stereocenters. The van der Waals surface area contributed by atoms with Crippen molar-refractivity contribution in [3.63, 3.8) is 0 Å². The summed E-state index contributed by atoms with van der Waals surface area (Å²) in [7, 11) is 3.28. The van der Waals surface area contributed by atoms with E-state index in [9.17, 15) is 0 Å². The van der Waals surface area contributed by atoms with Crippen molar-refractivity contribution >= 4 is 56.7 Å². The lowest BCUT2D eigenvalue weighted by Gasteiger charge is -2.35. The summed E-state index contributed by atoms with van der Waals surface area (Å²) in [5, 5.41) is 12.3. The van der Waals surface area contributed by atoms with Crippen molar-refractivity contribution in [3.8, 4) is 34.3 Å². The Kier molecular flexibility index (Phi) is 11.1. The highest BCUT2D eigenvalue weighted by Gasteiger charge is 2.29. The highest BCUT2D eigenvalue weighted by atomic mass is 16.5. The summed E-state index contributed by atoms with van der Waals surface area (Å²) >= 11 is 0. The van der Waals surface area contributed by atoms with Crippen LogP contribution in [0.5, 0.6) is 11.5 Å². The molecule has 64 heavy (non-hydrogen) atoms.